The first-order chi connectivity index (χ1) is 7.19. The van der Waals surface area contributed by atoms with Gasteiger partial charge in [0.2, 0.25) is 0 Å². The van der Waals surface area contributed by atoms with Gasteiger partial charge in [-0.05, 0) is 19.1 Å². The van der Waals surface area contributed by atoms with E-state index in [2.05, 4.69) is 5.32 Å². The summed E-state index contributed by atoms with van der Waals surface area (Å²) in [5, 5.41) is 12.7. The number of hydrogen-bond donors (Lipinski definition) is 2. The molecule has 2 N–H and O–H groups in total. The molecule has 0 aliphatic heterocycles. The number of methoxy groups -OCH3 is 1. The molecule has 0 bridgehead atoms. The van der Waals surface area contributed by atoms with E-state index in [0.29, 0.717) is 11.6 Å². The molecule has 4 heteroatoms. The lowest BCUT2D eigenvalue weighted by Gasteiger charge is -2.14. The fraction of sp³-hybridized carbons (Fsp3) is 0.455. The highest BCUT2D eigenvalue weighted by molar-refractivity contribution is 6.31. The molecule has 0 aromatic heterocycles. The summed E-state index contributed by atoms with van der Waals surface area (Å²) in [4.78, 5) is 0. The van der Waals surface area contributed by atoms with Gasteiger partial charge in [-0.1, -0.05) is 17.7 Å². The maximum Gasteiger partial charge on any atom is 0.124 e. The molecule has 0 fully saturated rings. The number of rotatable bonds is 5. The Bertz CT molecular complexity index is 317. The summed E-state index contributed by atoms with van der Waals surface area (Å²) < 4.78 is 5.21. The number of aliphatic hydroxyl groups is 1. The number of aliphatic hydroxyl groups excluding tert-OH is 1. The van der Waals surface area contributed by atoms with Crippen LogP contribution in [0.15, 0.2) is 18.2 Å². The van der Waals surface area contributed by atoms with Crippen molar-refractivity contribution in [2.45, 2.75) is 19.5 Å². The number of benzene rings is 1. The SMILES string of the molecule is COc1cccc(Cl)c1CN[C@H](C)CO. The second kappa shape index (κ2) is 5.95. The molecule has 0 heterocycles. The summed E-state index contributed by atoms with van der Waals surface area (Å²) in [7, 11) is 1.62. The van der Waals surface area contributed by atoms with Crippen LogP contribution in [-0.2, 0) is 6.54 Å². The summed E-state index contributed by atoms with van der Waals surface area (Å²) in [6.45, 7) is 2.60. The molecule has 0 saturated carbocycles. The van der Waals surface area contributed by atoms with Crippen LogP contribution in [0.5, 0.6) is 5.75 Å². The standard InChI is InChI=1S/C11H16ClNO2/c1-8(7-14)13-6-9-10(12)4-3-5-11(9)15-2/h3-5,8,13-14H,6-7H2,1-2H3/t8-/m1/s1. The van der Waals surface area contributed by atoms with E-state index in [1.54, 1.807) is 7.11 Å². The van der Waals surface area contributed by atoms with Crippen molar-refractivity contribution in [2.75, 3.05) is 13.7 Å². The highest BCUT2D eigenvalue weighted by Crippen LogP contribution is 2.25. The van der Waals surface area contributed by atoms with Gasteiger partial charge in [-0.15, -0.1) is 0 Å². The van der Waals surface area contributed by atoms with E-state index in [4.69, 9.17) is 21.4 Å². The van der Waals surface area contributed by atoms with Crippen LogP contribution in [0.1, 0.15) is 12.5 Å². The Kier molecular flexibility index (Phi) is 4.88. The molecule has 0 radical (unpaired) electrons. The number of ether oxygens (including phenoxy) is 1. The molecule has 1 atom stereocenters. The predicted molar refractivity (Wildman–Crippen MR) is 61.4 cm³/mol. The first-order valence-corrected chi connectivity index (χ1v) is 5.22. The lowest BCUT2D eigenvalue weighted by Crippen LogP contribution is -2.28. The molecule has 1 aromatic carbocycles. The van der Waals surface area contributed by atoms with E-state index in [1.807, 2.05) is 25.1 Å². The third-order valence-corrected chi connectivity index (χ3v) is 2.55. The van der Waals surface area contributed by atoms with Crippen molar-refractivity contribution in [1.29, 1.82) is 0 Å². The molecule has 0 aliphatic carbocycles. The van der Waals surface area contributed by atoms with Gasteiger partial charge in [0.1, 0.15) is 5.75 Å². The smallest absolute Gasteiger partial charge is 0.124 e. The molecular weight excluding hydrogens is 214 g/mol. The Balaban J connectivity index is 2.74. The molecule has 0 amide bonds. The molecule has 3 nitrogen and oxygen atoms in total. The number of hydrogen-bond acceptors (Lipinski definition) is 3. The van der Waals surface area contributed by atoms with Crippen molar-refractivity contribution in [1.82, 2.24) is 5.32 Å². The van der Waals surface area contributed by atoms with Crippen LogP contribution in [0.25, 0.3) is 0 Å². The van der Waals surface area contributed by atoms with Gasteiger partial charge in [-0.25, -0.2) is 0 Å². The fourth-order valence-corrected chi connectivity index (χ4v) is 1.48. The average Bonchev–Trinajstić information content (AvgIpc) is 2.26. The molecule has 1 rings (SSSR count). The van der Waals surface area contributed by atoms with Gasteiger partial charge in [0.15, 0.2) is 0 Å². The molecule has 0 spiro atoms. The van der Waals surface area contributed by atoms with Gasteiger partial charge < -0.3 is 15.2 Å². The van der Waals surface area contributed by atoms with Crippen LogP contribution in [0, 0.1) is 0 Å². The zero-order valence-corrected chi connectivity index (χ0v) is 9.71. The summed E-state index contributed by atoms with van der Waals surface area (Å²) in [6, 6.07) is 5.59. The van der Waals surface area contributed by atoms with Gasteiger partial charge in [0.25, 0.3) is 0 Å². The van der Waals surface area contributed by atoms with E-state index >= 15 is 0 Å². The van der Waals surface area contributed by atoms with Gasteiger partial charge in [0, 0.05) is 23.2 Å². The zero-order chi connectivity index (χ0) is 11.3. The maximum atomic E-state index is 8.88. The van der Waals surface area contributed by atoms with Gasteiger partial charge in [0.05, 0.1) is 13.7 Å². The predicted octanol–water partition coefficient (Wildman–Crippen LogP) is 1.82. The first-order valence-electron chi connectivity index (χ1n) is 4.84. The monoisotopic (exact) mass is 229 g/mol. The van der Waals surface area contributed by atoms with Crippen LogP contribution in [0.2, 0.25) is 5.02 Å². The summed E-state index contributed by atoms with van der Waals surface area (Å²) in [5.41, 5.74) is 0.918. The van der Waals surface area contributed by atoms with Gasteiger partial charge in [-0.3, -0.25) is 0 Å². The van der Waals surface area contributed by atoms with Gasteiger partial charge >= 0.3 is 0 Å². The molecule has 0 unspecified atom stereocenters. The second-order valence-electron chi connectivity index (χ2n) is 3.39. The summed E-state index contributed by atoms with van der Waals surface area (Å²) in [6.07, 6.45) is 0. The first kappa shape index (κ1) is 12.3. The zero-order valence-electron chi connectivity index (χ0n) is 8.96. The normalized spacial score (nSPS) is 12.5. The number of halogens is 1. The number of nitrogens with one attached hydrogen (secondary N) is 1. The lowest BCUT2D eigenvalue weighted by atomic mass is 10.2. The van der Waals surface area contributed by atoms with E-state index in [9.17, 15) is 0 Å². The van der Waals surface area contributed by atoms with Crippen molar-refractivity contribution in [3.05, 3.63) is 28.8 Å². The van der Waals surface area contributed by atoms with Crippen LogP contribution < -0.4 is 10.1 Å². The van der Waals surface area contributed by atoms with Crippen LogP contribution in [-0.4, -0.2) is 24.9 Å². The quantitative estimate of drug-likeness (QED) is 0.810. The van der Waals surface area contributed by atoms with E-state index in [1.165, 1.54) is 0 Å². The van der Waals surface area contributed by atoms with Gasteiger partial charge in [-0.2, -0.15) is 0 Å². The molecule has 0 aliphatic rings. The summed E-state index contributed by atoms with van der Waals surface area (Å²) >= 11 is 6.05. The third-order valence-electron chi connectivity index (χ3n) is 2.20. The van der Waals surface area contributed by atoms with Crippen molar-refractivity contribution in [3.63, 3.8) is 0 Å². The fourth-order valence-electron chi connectivity index (χ4n) is 1.24. The largest absolute Gasteiger partial charge is 0.496 e. The van der Waals surface area contributed by atoms with E-state index < -0.39 is 0 Å². The Morgan fingerprint density at radius 1 is 1.53 bits per heavy atom. The minimum atomic E-state index is 0.0472. The molecule has 0 saturated heterocycles. The van der Waals surface area contributed by atoms with Crippen LogP contribution in [0.4, 0.5) is 0 Å². The highest BCUT2D eigenvalue weighted by atomic mass is 35.5. The molecule has 1 aromatic rings. The molecule has 84 valence electrons. The van der Waals surface area contributed by atoms with Crippen molar-refractivity contribution >= 4 is 11.6 Å². The maximum absolute atomic E-state index is 8.88. The minimum Gasteiger partial charge on any atom is -0.496 e. The topological polar surface area (TPSA) is 41.5 Å². The third kappa shape index (κ3) is 3.38. The van der Waals surface area contributed by atoms with Crippen molar-refractivity contribution in [2.24, 2.45) is 0 Å². The molecule has 15 heavy (non-hydrogen) atoms. The Hall–Kier alpha value is -0.770. The van der Waals surface area contributed by atoms with E-state index in [0.717, 1.165) is 11.3 Å². The average molecular weight is 230 g/mol. The van der Waals surface area contributed by atoms with Crippen LogP contribution >= 0.6 is 11.6 Å². The van der Waals surface area contributed by atoms with Crippen molar-refractivity contribution in [3.8, 4) is 5.75 Å². The highest BCUT2D eigenvalue weighted by Gasteiger charge is 2.08. The van der Waals surface area contributed by atoms with Crippen LogP contribution in [0.3, 0.4) is 0 Å². The summed E-state index contributed by atoms with van der Waals surface area (Å²) in [5.74, 6) is 0.764. The lowest BCUT2D eigenvalue weighted by molar-refractivity contribution is 0.250. The van der Waals surface area contributed by atoms with Crippen molar-refractivity contribution < 1.29 is 9.84 Å². The second-order valence-corrected chi connectivity index (χ2v) is 3.79. The minimum absolute atomic E-state index is 0.0472. The Labute approximate surface area is 95.0 Å². The van der Waals surface area contributed by atoms with E-state index in [-0.39, 0.29) is 12.6 Å². The molecular formula is C11H16ClNO2. The Morgan fingerprint density at radius 2 is 2.27 bits per heavy atom. The Morgan fingerprint density at radius 3 is 2.87 bits per heavy atom.